The van der Waals surface area contributed by atoms with Gasteiger partial charge in [0, 0.05) is 21.4 Å². The molecule has 1 nitrogen and oxygen atoms in total. The minimum atomic E-state index is 0.0529. The van der Waals surface area contributed by atoms with Crippen LogP contribution >= 0.6 is 24.4 Å². The standard InChI is InChI=1S/C26H28OS2/c1-29-24-14-19-20(13-17(24)16-28)25-18-9-5-6-10-21(18)26(22(25)15-23(19)27)11-7-3-2-4-8-12-26/h5-6,9-10,13-15,27-28H,2-4,7-8,11-12,16H2,1H3. The van der Waals surface area contributed by atoms with Crippen molar-refractivity contribution in [3.8, 4) is 16.9 Å². The maximum atomic E-state index is 11.1. The highest BCUT2D eigenvalue weighted by molar-refractivity contribution is 7.98. The molecule has 0 bridgehead atoms. The Morgan fingerprint density at radius 1 is 0.931 bits per heavy atom. The molecule has 0 unspecified atom stereocenters. The summed E-state index contributed by atoms with van der Waals surface area (Å²) in [7, 11) is 0. The predicted octanol–water partition coefficient (Wildman–Crippen LogP) is 7.71. The highest BCUT2D eigenvalue weighted by atomic mass is 32.2. The van der Waals surface area contributed by atoms with Crippen molar-refractivity contribution in [2.24, 2.45) is 0 Å². The van der Waals surface area contributed by atoms with Crippen LogP contribution in [0, 0.1) is 0 Å². The zero-order valence-corrected chi connectivity index (χ0v) is 18.7. The first-order chi connectivity index (χ1) is 14.2. The topological polar surface area (TPSA) is 20.2 Å². The van der Waals surface area contributed by atoms with Crippen molar-refractivity contribution in [3.05, 3.63) is 59.2 Å². The first-order valence-corrected chi connectivity index (χ1v) is 12.6. The van der Waals surface area contributed by atoms with Gasteiger partial charge >= 0.3 is 0 Å². The number of thiol groups is 1. The van der Waals surface area contributed by atoms with Crippen molar-refractivity contribution in [2.75, 3.05) is 6.26 Å². The third kappa shape index (κ3) is 2.92. The number of phenols is 1. The SMILES string of the molecule is CSc1cc2c(O)cc3c(c2cc1CS)-c1ccccc1C31CCCCCCC1. The largest absolute Gasteiger partial charge is 0.507 e. The third-order valence-corrected chi connectivity index (χ3v) is 8.28. The summed E-state index contributed by atoms with van der Waals surface area (Å²) in [6.07, 6.45) is 11.0. The molecule has 3 aromatic rings. The highest BCUT2D eigenvalue weighted by Crippen LogP contribution is 2.58. The van der Waals surface area contributed by atoms with E-state index in [4.69, 9.17) is 0 Å². The second-order valence-electron chi connectivity index (χ2n) is 8.58. The van der Waals surface area contributed by atoms with Gasteiger partial charge in [-0.1, -0.05) is 56.4 Å². The molecular formula is C26H28OS2. The lowest BCUT2D eigenvalue weighted by atomic mass is 9.69. The molecule has 2 aliphatic carbocycles. The van der Waals surface area contributed by atoms with Gasteiger partial charge in [-0.05, 0) is 70.5 Å². The minimum absolute atomic E-state index is 0.0529. The summed E-state index contributed by atoms with van der Waals surface area (Å²) in [5.74, 6) is 1.14. The van der Waals surface area contributed by atoms with Gasteiger partial charge in [0.15, 0.2) is 0 Å². The van der Waals surface area contributed by atoms with Gasteiger partial charge in [-0.15, -0.1) is 11.8 Å². The number of rotatable bonds is 2. The average molecular weight is 421 g/mol. The number of fused-ring (bicyclic) bond motifs is 7. The van der Waals surface area contributed by atoms with E-state index in [1.165, 1.54) is 83.0 Å². The van der Waals surface area contributed by atoms with Crippen LogP contribution in [-0.4, -0.2) is 11.4 Å². The Kier molecular flexibility index (Phi) is 5.08. The van der Waals surface area contributed by atoms with Gasteiger partial charge in [0.25, 0.3) is 0 Å². The van der Waals surface area contributed by atoms with Crippen molar-refractivity contribution in [3.63, 3.8) is 0 Å². The molecule has 29 heavy (non-hydrogen) atoms. The number of thioether (sulfide) groups is 1. The molecule has 150 valence electrons. The molecule has 5 rings (SSSR count). The van der Waals surface area contributed by atoms with Crippen molar-refractivity contribution in [2.45, 2.75) is 61.0 Å². The molecule has 1 spiro atoms. The predicted molar refractivity (Wildman–Crippen MR) is 129 cm³/mol. The Balaban J connectivity index is 1.86. The first-order valence-electron chi connectivity index (χ1n) is 10.8. The second kappa shape index (κ2) is 7.59. The number of hydrogen-bond acceptors (Lipinski definition) is 3. The zero-order valence-electron chi connectivity index (χ0n) is 17.0. The molecule has 1 fully saturated rings. The molecule has 0 aromatic heterocycles. The van der Waals surface area contributed by atoms with Crippen molar-refractivity contribution in [1.29, 1.82) is 0 Å². The van der Waals surface area contributed by atoms with Gasteiger partial charge in [-0.3, -0.25) is 0 Å². The van der Waals surface area contributed by atoms with Gasteiger partial charge < -0.3 is 5.11 Å². The second-order valence-corrected chi connectivity index (χ2v) is 9.75. The average Bonchev–Trinajstić information content (AvgIpc) is 3.00. The van der Waals surface area contributed by atoms with Gasteiger partial charge in [0.2, 0.25) is 0 Å². The van der Waals surface area contributed by atoms with E-state index in [-0.39, 0.29) is 5.41 Å². The molecule has 0 heterocycles. The number of aromatic hydroxyl groups is 1. The number of benzene rings is 3. The van der Waals surface area contributed by atoms with E-state index in [9.17, 15) is 5.11 Å². The van der Waals surface area contributed by atoms with Crippen LogP contribution in [0.4, 0.5) is 0 Å². The summed E-state index contributed by atoms with van der Waals surface area (Å²) in [6.45, 7) is 0. The lowest BCUT2D eigenvalue weighted by Gasteiger charge is -2.34. The van der Waals surface area contributed by atoms with Gasteiger partial charge in [-0.2, -0.15) is 12.6 Å². The van der Waals surface area contributed by atoms with Gasteiger partial charge in [-0.25, -0.2) is 0 Å². The van der Waals surface area contributed by atoms with Crippen LogP contribution in [0.25, 0.3) is 21.9 Å². The first kappa shape index (κ1) is 19.4. The Morgan fingerprint density at radius 2 is 1.66 bits per heavy atom. The monoisotopic (exact) mass is 420 g/mol. The summed E-state index contributed by atoms with van der Waals surface area (Å²) in [5.41, 5.74) is 6.85. The van der Waals surface area contributed by atoms with E-state index in [0.29, 0.717) is 11.5 Å². The van der Waals surface area contributed by atoms with Crippen molar-refractivity contribution in [1.82, 2.24) is 0 Å². The normalized spacial score (nSPS) is 17.7. The maximum Gasteiger partial charge on any atom is 0.123 e. The minimum Gasteiger partial charge on any atom is -0.507 e. The molecule has 0 aliphatic heterocycles. The fourth-order valence-electron chi connectivity index (χ4n) is 5.77. The lowest BCUT2D eigenvalue weighted by molar-refractivity contribution is 0.372. The Hall–Kier alpha value is -1.58. The number of phenolic OH excluding ortho intramolecular Hbond substituents is 1. The van der Waals surface area contributed by atoms with E-state index < -0.39 is 0 Å². The molecule has 0 amide bonds. The van der Waals surface area contributed by atoms with Crippen molar-refractivity contribution < 1.29 is 5.11 Å². The Morgan fingerprint density at radius 3 is 2.38 bits per heavy atom. The smallest absolute Gasteiger partial charge is 0.123 e. The molecule has 2 aliphatic rings. The van der Waals surface area contributed by atoms with E-state index in [1.54, 1.807) is 11.8 Å². The molecule has 3 aromatic carbocycles. The van der Waals surface area contributed by atoms with E-state index in [1.807, 2.05) is 0 Å². The molecule has 0 atom stereocenters. The van der Waals surface area contributed by atoms with Crippen LogP contribution in [0.15, 0.2) is 47.4 Å². The van der Waals surface area contributed by atoms with Crippen LogP contribution < -0.4 is 0 Å². The molecule has 1 N–H and O–H groups in total. The van der Waals surface area contributed by atoms with Gasteiger partial charge in [0.05, 0.1) is 0 Å². The lowest BCUT2D eigenvalue weighted by Crippen LogP contribution is -2.26. The summed E-state index contributed by atoms with van der Waals surface area (Å²) in [4.78, 5) is 1.20. The Bertz CT molecular complexity index is 1080. The zero-order chi connectivity index (χ0) is 20.0. The maximum absolute atomic E-state index is 11.1. The van der Waals surface area contributed by atoms with E-state index >= 15 is 0 Å². The van der Waals surface area contributed by atoms with Crippen LogP contribution in [0.5, 0.6) is 5.75 Å². The Labute approximate surface area is 183 Å². The summed E-state index contributed by atoms with van der Waals surface area (Å²) >= 11 is 6.32. The third-order valence-electron chi connectivity index (χ3n) is 7.12. The summed E-state index contributed by atoms with van der Waals surface area (Å²) in [5, 5.41) is 13.3. The van der Waals surface area contributed by atoms with Crippen LogP contribution in [-0.2, 0) is 11.2 Å². The van der Waals surface area contributed by atoms with Crippen LogP contribution in [0.2, 0.25) is 0 Å². The van der Waals surface area contributed by atoms with E-state index in [0.717, 1.165) is 5.39 Å². The molecule has 0 radical (unpaired) electrons. The fourth-order valence-corrected chi connectivity index (χ4v) is 6.76. The van der Waals surface area contributed by atoms with E-state index in [2.05, 4.69) is 61.3 Å². The van der Waals surface area contributed by atoms with Crippen LogP contribution in [0.1, 0.15) is 61.6 Å². The fraction of sp³-hybridized carbons (Fsp3) is 0.385. The highest BCUT2D eigenvalue weighted by Gasteiger charge is 2.43. The molecule has 0 saturated heterocycles. The summed E-state index contributed by atoms with van der Waals surface area (Å²) in [6, 6.07) is 15.5. The summed E-state index contributed by atoms with van der Waals surface area (Å²) < 4.78 is 0. The molecular weight excluding hydrogens is 392 g/mol. The quantitative estimate of drug-likeness (QED) is 0.327. The van der Waals surface area contributed by atoms with Gasteiger partial charge in [0.1, 0.15) is 5.75 Å². The number of hydrogen-bond donors (Lipinski definition) is 2. The van der Waals surface area contributed by atoms with Crippen LogP contribution in [0.3, 0.4) is 0 Å². The molecule has 3 heteroatoms. The van der Waals surface area contributed by atoms with Crippen molar-refractivity contribution >= 4 is 35.2 Å². The molecule has 1 saturated carbocycles.